The van der Waals surface area contributed by atoms with Gasteiger partial charge in [-0.15, -0.1) is 0 Å². The maximum absolute atomic E-state index is 13.0. The van der Waals surface area contributed by atoms with Gasteiger partial charge in [0.15, 0.2) is 0 Å². The highest BCUT2D eigenvalue weighted by molar-refractivity contribution is 5.43. The van der Waals surface area contributed by atoms with Gasteiger partial charge in [0.2, 0.25) is 0 Å². The zero-order valence-electron chi connectivity index (χ0n) is 10.7. The van der Waals surface area contributed by atoms with E-state index in [9.17, 15) is 4.39 Å². The standard InChI is InChI=1S/C15H16FNO2/c1-11-5-6-12(16)9-15(11)19-8-7-18-14-4-2-3-13(17)10-14/h2-6,9-10H,7-8,17H2,1H3. The number of ether oxygens (including phenoxy) is 2. The molecule has 2 rings (SSSR count). The van der Waals surface area contributed by atoms with Crippen LogP contribution in [0.25, 0.3) is 0 Å². The van der Waals surface area contributed by atoms with E-state index in [0.29, 0.717) is 30.4 Å². The van der Waals surface area contributed by atoms with Gasteiger partial charge in [0, 0.05) is 17.8 Å². The van der Waals surface area contributed by atoms with Crippen molar-refractivity contribution in [1.82, 2.24) is 0 Å². The van der Waals surface area contributed by atoms with E-state index in [1.54, 1.807) is 18.2 Å². The van der Waals surface area contributed by atoms with Gasteiger partial charge in [-0.05, 0) is 30.7 Å². The second-order valence-corrected chi connectivity index (χ2v) is 4.18. The zero-order chi connectivity index (χ0) is 13.7. The van der Waals surface area contributed by atoms with Gasteiger partial charge in [0.25, 0.3) is 0 Å². The fraction of sp³-hybridized carbons (Fsp3) is 0.200. The summed E-state index contributed by atoms with van der Waals surface area (Å²) < 4.78 is 24.0. The Bertz CT molecular complexity index is 558. The highest BCUT2D eigenvalue weighted by atomic mass is 19.1. The molecule has 4 heteroatoms. The van der Waals surface area contributed by atoms with Crippen molar-refractivity contribution in [2.75, 3.05) is 18.9 Å². The van der Waals surface area contributed by atoms with Gasteiger partial charge in [-0.1, -0.05) is 12.1 Å². The van der Waals surface area contributed by atoms with E-state index in [2.05, 4.69) is 0 Å². The van der Waals surface area contributed by atoms with Crippen molar-refractivity contribution in [2.45, 2.75) is 6.92 Å². The van der Waals surface area contributed by atoms with Gasteiger partial charge >= 0.3 is 0 Å². The highest BCUT2D eigenvalue weighted by Crippen LogP contribution is 2.19. The number of hydrogen-bond donors (Lipinski definition) is 1. The lowest BCUT2D eigenvalue weighted by molar-refractivity contribution is 0.216. The molecule has 2 aromatic carbocycles. The Morgan fingerprint density at radius 1 is 1.05 bits per heavy atom. The van der Waals surface area contributed by atoms with E-state index in [0.717, 1.165) is 5.56 Å². The van der Waals surface area contributed by atoms with Crippen molar-refractivity contribution < 1.29 is 13.9 Å². The molecule has 19 heavy (non-hydrogen) atoms. The van der Waals surface area contributed by atoms with Gasteiger partial charge in [-0.2, -0.15) is 0 Å². The van der Waals surface area contributed by atoms with Crippen molar-refractivity contribution in [2.24, 2.45) is 0 Å². The summed E-state index contributed by atoms with van der Waals surface area (Å²) >= 11 is 0. The molecule has 0 fully saturated rings. The summed E-state index contributed by atoms with van der Waals surface area (Å²) in [5.41, 5.74) is 7.18. The number of nitrogens with two attached hydrogens (primary N) is 1. The molecule has 0 bridgehead atoms. The van der Waals surface area contributed by atoms with Crippen LogP contribution in [-0.2, 0) is 0 Å². The van der Waals surface area contributed by atoms with E-state index in [1.807, 2.05) is 19.1 Å². The normalized spacial score (nSPS) is 10.2. The molecular weight excluding hydrogens is 245 g/mol. The third kappa shape index (κ3) is 3.88. The molecule has 0 amide bonds. The van der Waals surface area contributed by atoms with Gasteiger partial charge in [-0.3, -0.25) is 0 Å². The van der Waals surface area contributed by atoms with E-state index in [4.69, 9.17) is 15.2 Å². The number of halogens is 1. The number of benzene rings is 2. The summed E-state index contributed by atoms with van der Waals surface area (Å²) in [6, 6.07) is 11.6. The molecular formula is C15H16FNO2. The van der Waals surface area contributed by atoms with Crippen LogP contribution in [0, 0.1) is 12.7 Å². The second-order valence-electron chi connectivity index (χ2n) is 4.18. The van der Waals surface area contributed by atoms with Gasteiger partial charge in [-0.25, -0.2) is 4.39 Å². The summed E-state index contributed by atoms with van der Waals surface area (Å²) in [5, 5.41) is 0. The van der Waals surface area contributed by atoms with Crippen molar-refractivity contribution in [3.05, 3.63) is 53.8 Å². The van der Waals surface area contributed by atoms with Crippen LogP contribution < -0.4 is 15.2 Å². The quantitative estimate of drug-likeness (QED) is 0.664. The topological polar surface area (TPSA) is 44.5 Å². The molecule has 3 nitrogen and oxygen atoms in total. The van der Waals surface area contributed by atoms with Crippen LogP contribution >= 0.6 is 0 Å². The van der Waals surface area contributed by atoms with Crippen molar-refractivity contribution >= 4 is 5.69 Å². The Kier molecular flexibility index (Phi) is 4.23. The molecule has 0 radical (unpaired) electrons. The molecule has 100 valence electrons. The first kappa shape index (κ1) is 13.2. The van der Waals surface area contributed by atoms with E-state index >= 15 is 0 Å². The molecule has 0 heterocycles. The summed E-state index contributed by atoms with van der Waals surface area (Å²) in [6.07, 6.45) is 0. The lowest BCUT2D eigenvalue weighted by Gasteiger charge is -2.10. The molecule has 0 atom stereocenters. The smallest absolute Gasteiger partial charge is 0.126 e. The van der Waals surface area contributed by atoms with Crippen LogP contribution in [0.15, 0.2) is 42.5 Å². The van der Waals surface area contributed by atoms with Crippen LogP contribution in [0.1, 0.15) is 5.56 Å². The monoisotopic (exact) mass is 261 g/mol. The van der Waals surface area contributed by atoms with Crippen molar-refractivity contribution in [3.8, 4) is 11.5 Å². The number of hydrogen-bond acceptors (Lipinski definition) is 3. The van der Waals surface area contributed by atoms with Crippen molar-refractivity contribution in [3.63, 3.8) is 0 Å². The maximum Gasteiger partial charge on any atom is 0.126 e. The summed E-state index contributed by atoms with van der Waals surface area (Å²) in [5.74, 6) is 0.924. The van der Waals surface area contributed by atoms with E-state index in [1.165, 1.54) is 12.1 Å². The summed E-state index contributed by atoms with van der Waals surface area (Å²) in [7, 11) is 0. The number of nitrogen functional groups attached to an aromatic ring is 1. The molecule has 0 aliphatic heterocycles. The SMILES string of the molecule is Cc1ccc(F)cc1OCCOc1cccc(N)c1. The Labute approximate surface area is 111 Å². The fourth-order valence-electron chi connectivity index (χ4n) is 1.64. The van der Waals surface area contributed by atoms with Crippen LogP contribution in [0.4, 0.5) is 10.1 Å². The predicted molar refractivity (Wildman–Crippen MR) is 73.0 cm³/mol. The third-order valence-corrected chi connectivity index (χ3v) is 2.62. The first-order chi connectivity index (χ1) is 9.15. The largest absolute Gasteiger partial charge is 0.490 e. The molecule has 2 aromatic rings. The molecule has 0 spiro atoms. The minimum atomic E-state index is -0.308. The lowest BCUT2D eigenvalue weighted by Crippen LogP contribution is -2.09. The average Bonchev–Trinajstić information content (AvgIpc) is 2.39. The number of anilines is 1. The fourth-order valence-corrected chi connectivity index (χ4v) is 1.64. The molecule has 0 aliphatic carbocycles. The minimum absolute atomic E-state index is 0.308. The van der Waals surface area contributed by atoms with Gasteiger partial charge in [0.05, 0.1) is 0 Å². The Hall–Kier alpha value is -2.23. The molecule has 0 aromatic heterocycles. The van der Waals surface area contributed by atoms with Crippen LogP contribution in [-0.4, -0.2) is 13.2 Å². The van der Waals surface area contributed by atoms with Crippen molar-refractivity contribution in [1.29, 1.82) is 0 Å². The summed E-state index contributed by atoms with van der Waals surface area (Å²) in [6.45, 7) is 2.59. The minimum Gasteiger partial charge on any atom is -0.490 e. The molecule has 2 N–H and O–H groups in total. The highest BCUT2D eigenvalue weighted by Gasteiger charge is 2.01. The number of aryl methyl sites for hydroxylation is 1. The maximum atomic E-state index is 13.0. The Morgan fingerprint density at radius 2 is 1.84 bits per heavy atom. The Morgan fingerprint density at radius 3 is 2.63 bits per heavy atom. The zero-order valence-corrected chi connectivity index (χ0v) is 10.7. The predicted octanol–water partition coefficient (Wildman–Crippen LogP) is 3.17. The first-order valence-corrected chi connectivity index (χ1v) is 6.02. The molecule has 0 aliphatic rings. The number of rotatable bonds is 5. The van der Waals surface area contributed by atoms with Gasteiger partial charge < -0.3 is 15.2 Å². The Balaban J connectivity index is 1.82. The second kappa shape index (κ2) is 6.09. The molecule has 0 saturated carbocycles. The average molecular weight is 261 g/mol. The van der Waals surface area contributed by atoms with Crippen LogP contribution in [0.3, 0.4) is 0 Å². The van der Waals surface area contributed by atoms with E-state index < -0.39 is 0 Å². The van der Waals surface area contributed by atoms with Crippen LogP contribution in [0.5, 0.6) is 11.5 Å². The molecule has 0 unspecified atom stereocenters. The van der Waals surface area contributed by atoms with Gasteiger partial charge in [0.1, 0.15) is 30.5 Å². The first-order valence-electron chi connectivity index (χ1n) is 6.02. The molecule has 0 saturated heterocycles. The van der Waals surface area contributed by atoms with Crippen LogP contribution in [0.2, 0.25) is 0 Å². The lowest BCUT2D eigenvalue weighted by atomic mass is 10.2. The van der Waals surface area contributed by atoms with E-state index in [-0.39, 0.29) is 5.82 Å². The third-order valence-electron chi connectivity index (χ3n) is 2.62. The summed E-state index contributed by atoms with van der Waals surface area (Å²) in [4.78, 5) is 0.